The molecule has 8 heteroatoms. The first-order valence-corrected chi connectivity index (χ1v) is 9.02. The van der Waals surface area contributed by atoms with Gasteiger partial charge in [0.2, 0.25) is 11.8 Å². The van der Waals surface area contributed by atoms with E-state index in [0.29, 0.717) is 38.0 Å². The van der Waals surface area contributed by atoms with Gasteiger partial charge in [0.15, 0.2) is 5.82 Å². The molecule has 2 saturated heterocycles. The van der Waals surface area contributed by atoms with Gasteiger partial charge in [0.05, 0.1) is 18.8 Å². The number of methoxy groups -OCH3 is 1. The van der Waals surface area contributed by atoms with Crippen molar-refractivity contribution in [3.63, 3.8) is 0 Å². The number of aromatic nitrogens is 2. The molecule has 0 radical (unpaired) electrons. The number of rotatable bonds is 5. The van der Waals surface area contributed by atoms with Gasteiger partial charge < -0.3 is 18.9 Å². The van der Waals surface area contributed by atoms with E-state index in [2.05, 4.69) is 15.0 Å². The number of hydrogen-bond acceptors (Lipinski definition) is 7. The fourth-order valence-corrected chi connectivity index (χ4v) is 3.69. The molecule has 3 heterocycles. The molecule has 0 N–H and O–H groups in total. The Kier molecular flexibility index (Phi) is 6.03. The fourth-order valence-electron chi connectivity index (χ4n) is 3.69. The number of nitrogens with zero attached hydrogens (tertiary/aromatic N) is 4. The Balaban J connectivity index is 1.47. The van der Waals surface area contributed by atoms with Crippen LogP contribution >= 0.6 is 0 Å². The molecule has 1 aromatic rings. The summed E-state index contributed by atoms with van der Waals surface area (Å²) < 4.78 is 16.0. The molecule has 1 aromatic heterocycles. The Morgan fingerprint density at radius 3 is 2.56 bits per heavy atom. The highest BCUT2D eigenvalue weighted by atomic mass is 16.5. The van der Waals surface area contributed by atoms with Gasteiger partial charge in [-0.25, -0.2) is 0 Å². The summed E-state index contributed by atoms with van der Waals surface area (Å²) in [6.07, 6.45) is 1.98. The van der Waals surface area contributed by atoms with E-state index < -0.39 is 0 Å². The van der Waals surface area contributed by atoms with Crippen LogP contribution in [0.1, 0.15) is 38.4 Å². The van der Waals surface area contributed by atoms with E-state index in [1.54, 1.807) is 7.11 Å². The standard InChI is InChI=1S/C17H28N4O4/c1-12-8-21(9-13(2)24-12)17(22)14-4-6-20(7-5-14)10-16-18-15(11-23-3)19-25-16/h12-14H,4-11H2,1-3H3/t12-,13-/m0/s1. The smallest absolute Gasteiger partial charge is 0.240 e. The second-order valence-electron chi connectivity index (χ2n) is 7.09. The normalized spacial score (nSPS) is 26.1. The number of carbonyl (C=O) groups excluding carboxylic acids is 1. The molecule has 25 heavy (non-hydrogen) atoms. The Hall–Kier alpha value is -1.51. The molecule has 0 aliphatic carbocycles. The quantitative estimate of drug-likeness (QED) is 0.784. The molecule has 2 atom stereocenters. The Morgan fingerprint density at radius 2 is 1.92 bits per heavy atom. The van der Waals surface area contributed by atoms with Crippen molar-refractivity contribution in [2.24, 2.45) is 5.92 Å². The molecule has 8 nitrogen and oxygen atoms in total. The molecule has 3 rings (SSSR count). The summed E-state index contributed by atoms with van der Waals surface area (Å²) in [6.45, 7) is 8.18. The van der Waals surface area contributed by atoms with Gasteiger partial charge in [-0.2, -0.15) is 4.98 Å². The van der Waals surface area contributed by atoms with E-state index in [9.17, 15) is 4.79 Å². The van der Waals surface area contributed by atoms with Gasteiger partial charge in [-0.15, -0.1) is 0 Å². The molecule has 0 aromatic carbocycles. The lowest BCUT2D eigenvalue weighted by atomic mass is 9.94. The first-order valence-electron chi connectivity index (χ1n) is 9.02. The van der Waals surface area contributed by atoms with Crippen LogP contribution < -0.4 is 0 Å². The maximum Gasteiger partial charge on any atom is 0.240 e. The highest BCUT2D eigenvalue weighted by molar-refractivity contribution is 5.79. The van der Waals surface area contributed by atoms with Crippen LogP contribution in [0, 0.1) is 5.92 Å². The first-order chi connectivity index (χ1) is 12.0. The SMILES string of the molecule is COCc1noc(CN2CCC(C(=O)N3C[C@H](C)O[C@@H](C)C3)CC2)n1. The molecule has 0 saturated carbocycles. The minimum atomic E-state index is 0.112. The lowest BCUT2D eigenvalue weighted by Gasteiger charge is -2.39. The molecular formula is C17H28N4O4. The van der Waals surface area contributed by atoms with Crippen molar-refractivity contribution >= 4 is 5.91 Å². The third-order valence-corrected chi connectivity index (χ3v) is 4.81. The lowest BCUT2D eigenvalue weighted by Crippen LogP contribution is -2.51. The van der Waals surface area contributed by atoms with E-state index in [0.717, 1.165) is 25.9 Å². The largest absolute Gasteiger partial charge is 0.377 e. The average molecular weight is 352 g/mol. The molecule has 2 aliphatic heterocycles. The van der Waals surface area contributed by atoms with E-state index >= 15 is 0 Å². The third-order valence-electron chi connectivity index (χ3n) is 4.81. The minimum Gasteiger partial charge on any atom is -0.377 e. The highest BCUT2D eigenvalue weighted by Gasteiger charge is 2.32. The summed E-state index contributed by atoms with van der Waals surface area (Å²) in [7, 11) is 1.60. The van der Waals surface area contributed by atoms with Crippen LogP contribution in [0.3, 0.4) is 0 Å². The molecule has 2 fully saturated rings. The summed E-state index contributed by atoms with van der Waals surface area (Å²) in [5.41, 5.74) is 0. The van der Waals surface area contributed by atoms with Gasteiger partial charge in [0, 0.05) is 26.1 Å². The molecule has 0 spiro atoms. The molecule has 140 valence electrons. The minimum absolute atomic E-state index is 0.112. The van der Waals surface area contributed by atoms with Crippen LogP contribution in [0.25, 0.3) is 0 Å². The average Bonchev–Trinajstić information content (AvgIpc) is 3.01. The number of likely N-dealkylation sites (tertiary alicyclic amines) is 1. The molecule has 2 aliphatic rings. The Morgan fingerprint density at radius 1 is 1.24 bits per heavy atom. The van der Waals surface area contributed by atoms with Crippen LogP contribution in [0.15, 0.2) is 4.52 Å². The zero-order valence-corrected chi connectivity index (χ0v) is 15.3. The van der Waals surface area contributed by atoms with E-state index in [1.807, 2.05) is 18.7 Å². The van der Waals surface area contributed by atoms with Crippen LogP contribution in [0.5, 0.6) is 0 Å². The predicted molar refractivity (Wildman–Crippen MR) is 89.6 cm³/mol. The molecular weight excluding hydrogens is 324 g/mol. The maximum atomic E-state index is 12.8. The van der Waals surface area contributed by atoms with Gasteiger partial charge in [-0.1, -0.05) is 5.16 Å². The van der Waals surface area contributed by atoms with Crippen LogP contribution in [0.2, 0.25) is 0 Å². The highest BCUT2D eigenvalue weighted by Crippen LogP contribution is 2.23. The van der Waals surface area contributed by atoms with E-state index in [4.69, 9.17) is 14.0 Å². The monoisotopic (exact) mass is 352 g/mol. The molecule has 0 bridgehead atoms. The van der Waals surface area contributed by atoms with Gasteiger partial charge in [-0.05, 0) is 39.8 Å². The number of piperidine rings is 1. The number of amides is 1. The van der Waals surface area contributed by atoms with Crippen molar-refractivity contribution in [2.75, 3.05) is 33.3 Å². The fraction of sp³-hybridized carbons (Fsp3) is 0.824. The van der Waals surface area contributed by atoms with Crippen LogP contribution in [-0.4, -0.2) is 71.3 Å². The lowest BCUT2D eigenvalue weighted by molar-refractivity contribution is -0.149. The summed E-state index contributed by atoms with van der Waals surface area (Å²) in [5, 5.41) is 3.88. The zero-order valence-electron chi connectivity index (χ0n) is 15.3. The van der Waals surface area contributed by atoms with Crippen molar-refractivity contribution in [3.8, 4) is 0 Å². The Bertz CT molecular complexity index is 561. The maximum absolute atomic E-state index is 12.8. The van der Waals surface area contributed by atoms with Crippen molar-refractivity contribution < 1.29 is 18.8 Å². The topological polar surface area (TPSA) is 80.9 Å². The van der Waals surface area contributed by atoms with E-state index in [-0.39, 0.29) is 24.0 Å². The van der Waals surface area contributed by atoms with Gasteiger partial charge in [-0.3, -0.25) is 9.69 Å². The van der Waals surface area contributed by atoms with Gasteiger partial charge in [0.1, 0.15) is 6.61 Å². The van der Waals surface area contributed by atoms with Crippen LogP contribution in [0.4, 0.5) is 0 Å². The van der Waals surface area contributed by atoms with Crippen LogP contribution in [-0.2, 0) is 27.4 Å². The third kappa shape index (κ3) is 4.77. The van der Waals surface area contributed by atoms with E-state index in [1.165, 1.54) is 0 Å². The van der Waals surface area contributed by atoms with Gasteiger partial charge in [0.25, 0.3) is 0 Å². The Labute approximate surface area is 148 Å². The summed E-state index contributed by atoms with van der Waals surface area (Å²) in [6, 6.07) is 0. The number of morpholine rings is 1. The number of hydrogen-bond donors (Lipinski definition) is 0. The van der Waals surface area contributed by atoms with Crippen molar-refractivity contribution in [1.82, 2.24) is 19.9 Å². The van der Waals surface area contributed by atoms with Crippen molar-refractivity contribution in [1.29, 1.82) is 0 Å². The predicted octanol–water partition coefficient (Wildman–Crippen LogP) is 1.06. The molecule has 1 amide bonds. The second kappa shape index (κ2) is 8.25. The first kappa shape index (κ1) is 18.3. The van der Waals surface area contributed by atoms with Crippen molar-refractivity contribution in [3.05, 3.63) is 11.7 Å². The summed E-state index contributed by atoms with van der Waals surface area (Å²) in [5.74, 6) is 1.56. The number of ether oxygens (including phenoxy) is 2. The van der Waals surface area contributed by atoms with Gasteiger partial charge >= 0.3 is 0 Å². The zero-order chi connectivity index (χ0) is 17.8. The molecule has 0 unspecified atom stereocenters. The van der Waals surface area contributed by atoms with Crippen molar-refractivity contribution in [2.45, 2.75) is 52.0 Å². The number of carbonyl (C=O) groups is 1. The summed E-state index contributed by atoms with van der Waals surface area (Å²) >= 11 is 0. The second-order valence-corrected chi connectivity index (χ2v) is 7.09. The summed E-state index contributed by atoms with van der Waals surface area (Å²) in [4.78, 5) is 21.3.